The predicted octanol–water partition coefficient (Wildman–Crippen LogP) is 0.236. The van der Waals surface area contributed by atoms with Crippen LogP contribution in [0.2, 0.25) is 0 Å². The lowest BCUT2D eigenvalue weighted by Crippen LogP contribution is -2.21. The van der Waals surface area contributed by atoms with Gasteiger partial charge in [-0.05, 0) is 24.1 Å². The third-order valence-electron chi connectivity index (χ3n) is 2.11. The molecular formula is C11H19N3. The third-order valence-corrected chi connectivity index (χ3v) is 2.11. The molecule has 0 heterocycles. The minimum Gasteiger partial charge on any atom is -0.330 e. The van der Waals surface area contributed by atoms with E-state index in [1.807, 2.05) is 0 Å². The van der Waals surface area contributed by atoms with Gasteiger partial charge in [0, 0.05) is 19.6 Å². The van der Waals surface area contributed by atoms with E-state index in [9.17, 15) is 0 Å². The van der Waals surface area contributed by atoms with Gasteiger partial charge in [0.1, 0.15) is 0 Å². The Morgan fingerprint density at radius 3 is 2.14 bits per heavy atom. The molecule has 0 saturated carbocycles. The molecule has 0 aromatic heterocycles. The van der Waals surface area contributed by atoms with E-state index in [0.29, 0.717) is 13.1 Å². The van der Waals surface area contributed by atoms with Crippen molar-refractivity contribution in [1.82, 2.24) is 5.32 Å². The minimum atomic E-state index is 0.686. The summed E-state index contributed by atoms with van der Waals surface area (Å²) < 4.78 is 0. The smallest absolute Gasteiger partial charge is 0.0206 e. The van der Waals surface area contributed by atoms with E-state index in [2.05, 4.69) is 29.6 Å². The van der Waals surface area contributed by atoms with Gasteiger partial charge in [-0.25, -0.2) is 0 Å². The van der Waals surface area contributed by atoms with E-state index >= 15 is 0 Å². The van der Waals surface area contributed by atoms with Gasteiger partial charge in [0.15, 0.2) is 0 Å². The number of nitrogens with two attached hydrogens (primary N) is 2. The maximum absolute atomic E-state index is 5.47. The zero-order valence-corrected chi connectivity index (χ0v) is 8.50. The molecule has 0 aliphatic carbocycles. The Morgan fingerprint density at radius 2 is 1.57 bits per heavy atom. The maximum atomic E-state index is 5.47. The summed E-state index contributed by atoms with van der Waals surface area (Å²) in [6.07, 6.45) is 0.955. The van der Waals surface area contributed by atoms with Crippen LogP contribution in [-0.2, 0) is 13.0 Å². The highest BCUT2D eigenvalue weighted by Gasteiger charge is 1.93. The zero-order chi connectivity index (χ0) is 10.2. The SMILES string of the molecule is NCCNCc1ccc(CCN)cc1. The van der Waals surface area contributed by atoms with Crippen molar-refractivity contribution in [1.29, 1.82) is 0 Å². The van der Waals surface area contributed by atoms with Crippen LogP contribution in [0.25, 0.3) is 0 Å². The van der Waals surface area contributed by atoms with Gasteiger partial charge in [-0.1, -0.05) is 24.3 Å². The van der Waals surface area contributed by atoms with E-state index < -0.39 is 0 Å². The molecule has 0 spiro atoms. The number of rotatable bonds is 6. The average Bonchev–Trinajstić information content (AvgIpc) is 2.21. The van der Waals surface area contributed by atoms with Crippen molar-refractivity contribution in [3.63, 3.8) is 0 Å². The van der Waals surface area contributed by atoms with Crippen LogP contribution in [0.3, 0.4) is 0 Å². The lowest BCUT2D eigenvalue weighted by molar-refractivity contribution is 0.694. The summed E-state index contributed by atoms with van der Waals surface area (Å²) in [6, 6.07) is 8.53. The molecule has 0 saturated heterocycles. The Morgan fingerprint density at radius 1 is 0.929 bits per heavy atom. The molecule has 3 heteroatoms. The molecule has 3 nitrogen and oxygen atoms in total. The van der Waals surface area contributed by atoms with Crippen molar-refractivity contribution in [2.75, 3.05) is 19.6 Å². The average molecular weight is 193 g/mol. The van der Waals surface area contributed by atoms with Crippen LogP contribution in [-0.4, -0.2) is 19.6 Å². The Hall–Kier alpha value is -0.900. The van der Waals surface area contributed by atoms with Crippen molar-refractivity contribution in [3.8, 4) is 0 Å². The molecule has 0 fully saturated rings. The van der Waals surface area contributed by atoms with E-state index in [-0.39, 0.29) is 0 Å². The van der Waals surface area contributed by atoms with Crippen molar-refractivity contribution >= 4 is 0 Å². The summed E-state index contributed by atoms with van der Waals surface area (Å²) >= 11 is 0. The molecule has 0 unspecified atom stereocenters. The van der Waals surface area contributed by atoms with Gasteiger partial charge in [-0.15, -0.1) is 0 Å². The monoisotopic (exact) mass is 193 g/mol. The third kappa shape index (κ3) is 3.87. The van der Waals surface area contributed by atoms with E-state index in [1.165, 1.54) is 11.1 Å². The molecule has 0 aliphatic heterocycles. The highest BCUT2D eigenvalue weighted by Crippen LogP contribution is 2.04. The van der Waals surface area contributed by atoms with Crippen molar-refractivity contribution in [2.24, 2.45) is 11.5 Å². The topological polar surface area (TPSA) is 64.1 Å². The quantitative estimate of drug-likeness (QED) is 0.567. The standard InChI is InChI=1S/C11H19N3/c12-6-5-10-1-3-11(4-2-10)9-14-8-7-13/h1-4,14H,5-9,12-13H2. The van der Waals surface area contributed by atoms with Gasteiger partial charge in [0.25, 0.3) is 0 Å². The van der Waals surface area contributed by atoms with Crippen LogP contribution < -0.4 is 16.8 Å². The number of hydrogen-bond acceptors (Lipinski definition) is 3. The Bertz CT molecular complexity index is 243. The van der Waals surface area contributed by atoms with Crippen LogP contribution in [0.15, 0.2) is 24.3 Å². The van der Waals surface area contributed by atoms with E-state index in [4.69, 9.17) is 11.5 Å². The molecule has 1 aromatic rings. The van der Waals surface area contributed by atoms with Crippen LogP contribution in [0.4, 0.5) is 0 Å². The first-order valence-electron chi connectivity index (χ1n) is 5.05. The molecular weight excluding hydrogens is 174 g/mol. The van der Waals surface area contributed by atoms with E-state index in [0.717, 1.165) is 19.5 Å². The molecule has 0 amide bonds. The van der Waals surface area contributed by atoms with Gasteiger partial charge in [-0.2, -0.15) is 0 Å². The summed E-state index contributed by atoms with van der Waals surface area (Å²) in [5, 5.41) is 3.25. The normalized spacial score (nSPS) is 10.4. The Kier molecular flexibility index (Phi) is 5.22. The molecule has 1 rings (SSSR count). The highest BCUT2D eigenvalue weighted by molar-refractivity contribution is 5.22. The number of benzene rings is 1. The van der Waals surface area contributed by atoms with Gasteiger partial charge < -0.3 is 16.8 Å². The summed E-state index contributed by atoms with van der Waals surface area (Å²) in [6.45, 7) is 3.15. The van der Waals surface area contributed by atoms with Crippen LogP contribution >= 0.6 is 0 Å². The second-order valence-electron chi connectivity index (χ2n) is 3.32. The maximum Gasteiger partial charge on any atom is 0.0206 e. The van der Waals surface area contributed by atoms with Crippen LogP contribution in [0, 0.1) is 0 Å². The summed E-state index contributed by atoms with van der Waals surface area (Å²) in [5.41, 5.74) is 13.4. The van der Waals surface area contributed by atoms with Crippen molar-refractivity contribution < 1.29 is 0 Å². The second kappa shape index (κ2) is 6.54. The van der Waals surface area contributed by atoms with Crippen LogP contribution in [0.5, 0.6) is 0 Å². The van der Waals surface area contributed by atoms with Gasteiger partial charge >= 0.3 is 0 Å². The fourth-order valence-electron chi connectivity index (χ4n) is 1.33. The predicted molar refractivity (Wildman–Crippen MR) is 60.0 cm³/mol. The Balaban J connectivity index is 2.38. The first kappa shape index (κ1) is 11.2. The van der Waals surface area contributed by atoms with Crippen LogP contribution in [0.1, 0.15) is 11.1 Å². The van der Waals surface area contributed by atoms with Gasteiger partial charge in [0.05, 0.1) is 0 Å². The fraction of sp³-hybridized carbons (Fsp3) is 0.455. The summed E-state index contributed by atoms with van der Waals surface area (Å²) in [4.78, 5) is 0. The van der Waals surface area contributed by atoms with Crippen molar-refractivity contribution in [2.45, 2.75) is 13.0 Å². The lowest BCUT2D eigenvalue weighted by atomic mass is 10.1. The van der Waals surface area contributed by atoms with E-state index in [1.54, 1.807) is 0 Å². The number of hydrogen-bond donors (Lipinski definition) is 3. The zero-order valence-electron chi connectivity index (χ0n) is 8.50. The molecule has 1 aromatic carbocycles. The molecule has 78 valence electrons. The summed E-state index contributed by atoms with van der Waals surface area (Å²) in [7, 11) is 0. The molecule has 5 N–H and O–H groups in total. The molecule has 0 bridgehead atoms. The lowest BCUT2D eigenvalue weighted by Gasteiger charge is -2.04. The van der Waals surface area contributed by atoms with Gasteiger partial charge in [-0.3, -0.25) is 0 Å². The minimum absolute atomic E-state index is 0.686. The first-order chi connectivity index (χ1) is 6.86. The largest absolute Gasteiger partial charge is 0.330 e. The molecule has 0 radical (unpaired) electrons. The molecule has 14 heavy (non-hydrogen) atoms. The Labute approximate surface area is 85.5 Å². The highest BCUT2D eigenvalue weighted by atomic mass is 14.9. The first-order valence-corrected chi connectivity index (χ1v) is 5.05. The van der Waals surface area contributed by atoms with Crippen molar-refractivity contribution in [3.05, 3.63) is 35.4 Å². The number of nitrogens with one attached hydrogen (secondary N) is 1. The second-order valence-corrected chi connectivity index (χ2v) is 3.32. The molecule has 0 atom stereocenters. The van der Waals surface area contributed by atoms with Gasteiger partial charge in [0.2, 0.25) is 0 Å². The molecule has 0 aliphatic rings. The summed E-state index contributed by atoms with van der Waals surface area (Å²) in [5.74, 6) is 0. The fourth-order valence-corrected chi connectivity index (χ4v) is 1.33.